The molecule has 2 aliphatic rings. The van der Waals surface area contributed by atoms with Crippen molar-refractivity contribution < 1.29 is 36.4 Å². The summed E-state index contributed by atoms with van der Waals surface area (Å²) in [5.41, 5.74) is 0. The Hall–Kier alpha value is 0.370. The third kappa shape index (κ3) is 4.42. The van der Waals surface area contributed by atoms with E-state index in [0.717, 1.165) is 0 Å². The highest BCUT2D eigenvalue weighted by Crippen LogP contribution is 2.43. The summed E-state index contributed by atoms with van der Waals surface area (Å²) in [5, 5.41) is 18.7. The molecule has 2 rings (SSSR count). The second kappa shape index (κ2) is 6.89. The van der Waals surface area contributed by atoms with Crippen LogP contribution in [0.3, 0.4) is 0 Å². The molecule has 2 aliphatic heterocycles. The minimum atomic E-state index is -3.86. The van der Waals surface area contributed by atoms with Crippen LogP contribution in [0.2, 0.25) is 0 Å². The first kappa shape index (κ1) is 13.1. The van der Waals surface area contributed by atoms with E-state index in [4.69, 9.17) is 38.2 Å². The minimum Gasteiger partial charge on any atom is -0.780 e. The van der Waals surface area contributed by atoms with Crippen molar-refractivity contribution in [2.24, 2.45) is 0 Å². The third-order valence-electron chi connectivity index (χ3n) is 2.89. The Labute approximate surface area is 119 Å². The maximum atomic E-state index is 12.1. The second-order valence-corrected chi connectivity index (χ2v) is 7.00. The van der Waals surface area contributed by atoms with E-state index in [9.17, 15) is 10.00 Å². The highest BCUT2D eigenvalue weighted by molar-refractivity contribution is 8.06. The summed E-state index contributed by atoms with van der Waals surface area (Å²) in [4.78, 5) is 12.1. The van der Waals surface area contributed by atoms with Crippen LogP contribution in [0.15, 0.2) is 0 Å². The third-order valence-corrected chi connectivity index (χ3v) is 4.46. The van der Waals surface area contributed by atoms with Gasteiger partial charge in [0, 0.05) is 19.6 Å². The van der Waals surface area contributed by atoms with Gasteiger partial charge in [0.15, 0.2) is 0 Å². The van der Waals surface area contributed by atoms with Gasteiger partial charge in [-0.15, -0.1) is 0 Å². The standard InChI is InChI=1S/C10H19O7PS/c11-5-9-8(2-4-14-9)17-18(13,19)16-6-10-7(12)1-3-15-10/h7-12H,1-6H2,(H,13,19)/p-1/t7-,8-,9+,10+,18?/m0/s1/i3T,4T/t3?,4?,7-,8-,9+,10+,18?. The molecule has 2 N–H and O–H groups in total. The smallest absolute Gasteiger partial charge is 0.116 e. The molecule has 0 aromatic heterocycles. The zero-order valence-electron chi connectivity index (χ0n) is 12.1. The van der Waals surface area contributed by atoms with E-state index in [1.165, 1.54) is 0 Å². The molecule has 0 spiro atoms. The average molecular weight is 317 g/mol. The first-order chi connectivity index (χ1) is 9.80. The lowest BCUT2D eigenvalue weighted by atomic mass is 10.2. The molecule has 3 unspecified atom stereocenters. The van der Waals surface area contributed by atoms with Crippen LogP contribution in [0.5, 0.6) is 0 Å². The van der Waals surface area contributed by atoms with Crippen molar-refractivity contribution in [1.29, 1.82) is 0 Å². The molecule has 19 heavy (non-hydrogen) atoms. The molecular weight excluding hydrogens is 295 g/mol. The van der Waals surface area contributed by atoms with Crippen molar-refractivity contribution in [3.63, 3.8) is 0 Å². The molecule has 0 radical (unpaired) electrons. The Morgan fingerprint density at radius 3 is 2.68 bits per heavy atom. The summed E-state index contributed by atoms with van der Waals surface area (Å²) >= 11 is 4.75. The van der Waals surface area contributed by atoms with E-state index in [2.05, 4.69) is 0 Å². The Morgan fingerprint density at radius 2 is 2.05 bits per heavy atom. The van der Waals surface area contributed by atoms with Crippen LogP contribution in [0, 0.1) is 0 Å². The van der Waals surface area contributed by atoms with Gasteiger partial charge < -0.3 is 33.6 Å². The molecule has 7 nitrogen and oxygen atoms in total. The summed E-state index contributed by atoms with van der Waals surface area (Å²) in [5.74, 6) is 0. The van der Waals surface area contributed by atoms with Crippen molar-refractivity contribution >= 4 is 18.5 Å². The number of ether oxygens (including phenoxy) is 2. The maximum Gasteiger partial charge on any atom is 0.116 e. The highest BCUT2D eigenvalue weighted by Gasteiger charge is 2.32. The van der Waals surface area contributed by atoms with Gasteiger partial charge in [0.05, 0.1) is 28.2 Å². The van der Waals surface area contributed by atoms with E-state index in [1.807, 2.05) is 0 Å². The fourth-order valence-electron chi connectivity index (χ4n) is 1.82. The molecule has 9 heteroatoms. The van der Waals surface area contributed by atoms with Crippen LogP contribution in [0.4, 0.5) is 0 Å². The molecular formula is C10H18O7PS-. The first-order valence-corrected chi connectivity index (χ1v) is 8.44. The van der Waals surface area contributed by atoms with E-state index >= 15 is 0 Å². The Balaban J connectivity index is 1.83. The van der Waals surface area contributed by atoms with Crippen LogP contribution >= 0.6 is 6.72 Å². The predicted octanol–water partition coefficient (Wildman–Crippen LogP) is -1.10. The molecule has 0 saturated carbocycles. The van der Waals surface area contributed by atoms with Crippen molar-refractivity contribution in [3.8, 4) is 0 Å². The van der Waals surface area contributed by atoms with Gasteiger partial charge in [-0.25, -0.2) is 0 Å². The van der Waals surface area contributed by atoms with Gasteiger partial charge in [0.25, 0.3) is 0 Å². The largest absolute Gasteiger partial charge is 0.780 e. The number of aliphatic hydroxyl groups is 2. The van der Waals surface area contributed by atoms with Gasteiger partial charge in [0.2, 0.25) is 0 Å². The van der Waals surface area contributed by atoms with Gasteiger partial charge in [-0.3, -0.25) is 0 Å². The van der Waals surface area contributed by atoms with Gasteiger partial charge in [0.1, 0.15) is 18.9 Å². The number of rotatable bonds is 6. The van der Waals surface area contributed by atoms with Crippen LogP contribution in [0.1, 0.15) is 15.6 Å². The van der Waals surface area contributed by atoms with Crippen LogP contribution in [0.25, 0.3) is 0 Å². The maximum absolute atomic E-state index is 12.1. The van der Waals surface area contributed by atoms with E-state index in [1.54, 1.807) is 0 Å². The van der Waals surface area contributed by atoms with Crippen LogP contribution in [-0.4, -0.2) is 61.0 Å². The van der Waals surface area contributed by atoms with Crippen LogP contribution < -0.4 is 4.89 Å². The molecule has 2 heterocycles. The molecule has 0 aliphatic carbocycles. The van der Waals surface area contributed by atoms with Crippen molar-refractivity contribution in [2.75, 3.05) is 26.4 Å². The Morgan fingerprint density at radius 1 is 1.37 bits per heavy atom. The summed E-state index contributed by atoms with van der Waals surface area (Å²) in [6.45, 7) is -6.20. The molecule has 112 valence electrons. The first-order valence-electron chi connectivity index (χ1n) is 7.04. The molecule has 0 amide bonds. The summed E-state index contributed by atoms with van der Waals surface area (Å²) in [7, 11) is 0. The minimum absolute atomic E-state index is 0.132. The summed E-state index contributed by atoms with van der Waals surface area (Å²) in [6.07, 6.45) is -2.91. The van der Waals surface area contributed by atoms with Crippen molar-refractivity contribution in [2.45, 2.75) is 37.3 Å². The van der Waals surface area contributed by atoms with Gasteiger partial charge in [-0.2, -0.15) is 0 Å². The highest BCUT2D eigenvalue weighted by atomic mass is 32.5. The monoisotopic (exact) mass is 317 g/mol. The molecule has 2 saturated heterocycles. The summed E-state index contributed by atoms with van der Waals surface area (Å²) < 4.78 is 35.1. The SMILES string of the molecule is [3H]C1C[C@H](OP([O-])(=S)OC[C@H]2OC([3H])C[C@@H]2O)[C@@H](CO)O1. The quantitative estimate of drug-likeness (QED) is 0.596. The van der Waals surface area contributed by atoms with E-state index in [-0.39, 0.29) is 26.1 Å². The average Bonchev–Trinajstić information content (AvgIpc) is 2.88. The second-order valence-electron chi connectivity index (χ2n) is 4.29. The van der Waals surface area contributed by atoms with Crippen LogP contribution in [-0.2, 0) is 30.3 Å². The molecule has 0 aromatic carbocycles. The van der Waals surface area contributed by atoms with Crippen molar-refractivity contribution in [1.82, 2.24) is 0 Å². The molecule has 0 aromatic rings. The zero-order valence-corrected chi connectivity index (χ0v) is 11.8. The Kier molecular flexibility index (Phi) is 4.73. The summed E-state index contributed by atoms with van der Waals surface area (Å²) in [6, 6.07) is 0. The van der Waals surface area contributed by atoms with Gasteiger partial charge >= 0.3 is 0 Å². The fraction of sp³-hybridized carbons (Fsp3) is 1.00. The lowest BCUT2D eigenvalue weighted by Crippen LogP contribution is -2.31. The molecule has 0 bridgehead atoms. The van der Waals surface area contributed by atoms with Gasteiger partial charge in [-0.1, -0.05) is 11.8 Å². The normalized spacial score (nSPS) is 47.7. The van der Waals surface area contributed by atoms with Crippen molar-refractivity contribution in [3.05, 3.63) is 0 Å². The number of hydrogen-bond donors (Lipinski definition) is 2. The fourth-order valence-corrected chi connectivity index (χ4v) is 3.27. The van der Waals surface area contributed by atoms with E-state index < -0.39 is 44.3 Å². The van der Waals surface area contributed by atoms with Gasteiger partial charge in [-0.05, 0) is 6.42 Å². The molecule has 7 atom stereocenters. The Bertz CT molecular complexity index is 404. The molecule has 2 fully saturated rings. The van der Waals surface area contributed by atoms with E-state index in [0.29, 0.717) is 0 Å². The number of aliphatic hydroxyl groups excluding tert-OH is 2. The number of hydrogen-bond acceptors (Lipinski definition) is 8. The lowest BCUT2D eigenvalue weighted by Gasteiger charge is -2.32. The topological polar surface area (TPSA) is 100 Å². The lowest BCUT2D eigenvalue weighted by molar-refractivity contribution is -0.215. The zero-order chi connectivity index (χ0) is 15.6. The predicted molar refractivity (Wildman–Crippen MR) is 66.9 cm³/mol.